The van der Waals surface area contributed by atoms with Gasteiger partial charge in [0.1, 0.15) is 5.38 Å². The summed E-state index contributed by atoms with van der Waals surface area (Å²) >= 11 is 5.93. The van der Waals surface area contributed by atoms with Crippen molar-refractivity contribution in [3.8, 4) is 0 Å². The van der Waals surface area contributed by atoms with Crippen molar-refractivity contribution in [2.45, 2.75) is 25.1 Å². The number of rotatable bonds is 5. The molecule has 0 bridgehead atoms. The third-order valence-corrected chi connectivity index (χ3v) is 2.29. The second-order valence-electron chi connectivity index (χ2n) is 3.32. The average Bonchev–Trinajstić information content (AvgIpc) is 2.27. The molecule has 1 aromatic rings. The van der Waals surface area contributed by atoms with Gasteiger partial charge in [0.25, 0.3) is 0 Å². The van der Waals surface area contributed by atoms with Gasteiger partial charge in [-0.15, -0.1) is 11.6 Å². The molecule has 0 aliphatic rings. The Balaban J connectivity index is 2.41. The first-order valence-corrected chi connectivity index (χ1v) is 5.52. The van der Waals surface area contributed by atoms with Crippen LogP contribution in [0.25, 0.3) is 0 Å². The lowest BCUT2D eigenvalue weighted by Crippen LogP contribution is -2.20. The normalized spacial score (nSPS) is 12.1. The lowest BCUT2D eigenvalue weighted by molar-refractivity contribution is -0.143. The third-order valence-electron chi connectivity index (χ3n) is 1.96. The molecule has 1 rings (SSSR count). The molecule has 1 aromatic carbocycles. The molecule has 1 unspecified atom stereocenters. The maximum atomic E-state index is 11.4. The zero-order valence-corrected chi connectivity index (χ0v) is 9.54. The number of benzene rings is 1. The smallest absolute Gasteiger partial charge is 0.324 e. The van der Waals surface area contributed by atoms with E-state index in [-0.39, 0.29) is 5.97 Å². The molecule has 0 saturated heterocycles. The van der Waals surface area contributed by atoms with Crippen LogP contribution in [0.2, 0.25) is 0 Å². The van der Waals surface area contributed by atoms with E-state index in [1.54, 1.807) is 0 Å². The molecule has 82 valence electrons. The van der Waals surface area contributed by atoms with Crippen molar-refractivity contribution in [2.24, 2.45) is 0 Å². The van der Waals surface area contributed by atoms with Crippen LogP contribution < -0.4 is 0 Å². The summed E-state index contributed by atoms with van der Waals surface area (Å²) in [4.78, 5) is 11.4. The standard InChI is InChI=1S/C12H15ClO2/c1-2-8-15-12(14)11(13)9-10-6-4-3-5-7-10/h3-7,11H,2,8-9H2,1H3. The van der Waals surface area contributed by atoms with E-state index < -0.39 is 5.38 Å². The Morgan fingerprint density at radius 1 is 1.40 bits per heavy atom. The van der Waals surface area contributed by atoms with Gasteiger partial charge in [0, 0.05) is 0 Å². The molecule has 1 atom stereocenters. The molecule has 0 aliphatic carbocycles. The Kier molecular flexibility index (Phi) is 5.19. The number of halogens is 1. The number of carbonyl (C=O) groups is 1. The van der Waals surface area contributed by atoms with Gasteiger partial charge in [-0.05, 0) is 18.4 Å². The highest BCUT2D eigenvalue weighted by molar-refractivity contribution is 6.30. The maximum absolute atomic E-state index is 11.4. The van der Waals surface area contributed by atoms with E-state index >= 15 is 0 Å². The minimum atomic E-state index is -0.584. The fourth-order valence-electron chi connectivity index (χ4n) is 1.20. The Morgan fingerprint density at radius 3 is 2.67 bits per heavy atom. The number of ether oxygens (including phenoxy) is 1. The molecule has 0 aliphatic heterocycles. The summed E-state index contributed by atoms with van der Waals surface area (Å²) in [5.41, 5.74) is 1.05. The van der Waals surface area contributed by atoms with Crippen LogP contribution in [0.3, 0.4) is 0 Å². The van der Waals surface area contributed by atoms with Crippen molar-refractivity contribution in [1.82, 2.24) is 0 Å². The highest BCUT2D eigenvalue weighted by Crippen LogP contribution is 2.09. The molecule has 2 nitrogen and oxygen atoms in total. The Hall–Kier alpha value is -1.02. The van der Waals surface area contributed by atoms with Gasteiger partial charge in [0.2, 0.25) is 0 Å². The summed E-state index contributed by atoms with van der Waals surface area (Å²) in [7, 11) is 0. The van der Waals surface area contributed by atoms with E-state index in [0.29, 0.717) is 13.0 Å². The van der Waals surface area contributed by atoms with Crippen LogP contribution in [-0.2, 0) is 16.0 Å². The van der Waals surface area contributed by atoms with Crippen LogP contribution >= 0.6 is 11.6 Å². The zero-order valence-electron chi connectivity index (χ0n) is 8.78. The van der Waals surface area contributed by atoms with Crippen molar-refractivity contribution in [3.63, 3.8) is 0 Å². The van der Waals surface area contributed by atoms with Gasteiger partial charge in [-0.25, -0.2) is 0 Å². The molecule has 0 radical (unpaired) electrons. The molecule has 0 N–H and O–H groups in total. The Morgan fingerprint density at radius 2 is 2.07 bits per heavy atom. The van der Waals surface area contributed by atoms with Crippen molar-refractivity contribution < 1.29 is 9.53 Å². The lowest BCUT2D eigenvalue weighted by Gasteiger charge is -2.08. The van der Waals surface area contributed by atoms with Gasteiger partial charge in [-0.2, -0.15) is 0 Å². The molecule has 0 aromatic heterocycles. The van der Waals surface area contributed by atoms with Gasteiger partial charge in [-0.3, -0.25) is 4.79 Å². The summed E-state index contributed by atoms with van der Waals surface area (Å²) in [6, 6.07) is 9.68. The van der Waals surface area contributed by atoms with Crippen LogP contribution in [0.15, 0.2) is 30.3 Å². The minimum absolute atomic E-state index is 0.331. The van der Waals surface area contributed by atoms with Crippen LogP contribution in [0, 0.1) is 0 Å². The molecular formula is C12H15ClO2. The van der Waals surface area contributed by atoms with Crippen LogP contribution in [0.4, 0.5) is 0 Å². The first-order chi connectivity index (χ1) is 7.24. The molecule has 15 heavy (non-hydrogen) atoms. The van der Waals surface area contributed by atoms with Crippen LogP contribution in [0.5, 0.6) is 0 Å². The topological polar surface area (TPSA) is 26.3 Å². The Labute approximate surface area is 95.2 Å². The molecule has 3 heteroatoms. The van der Waals surface area contributed by atoms with Gasteiger partial charge < -0.3 is 4.74 Å². The molecule has 0 spiro atoms. The van der Waals surface area contributed by atoms with E-state index in [1.165, 1.54) is 0 Å². The second kappa shape index (κ2) is 6.46. The fraction of sp³-hybridized carbons (Fsp3) is 0.417. The highest BCUT2D eigenvalue weighted by Gasteiger charge is 2.16. The van der Waals surface area contributed by atoms with Crippen LogP contribution in [-0.4, -0.2) is 18.0 Å². The summed E-state index contributed by atoms with van der Waals surface area (Å²) in [5, 5.41) is -0.584. The van der Waals surface area contributed by atoms with Crippen molar-refractivity contribution >= 4 is 17.6 Å². The number of hydrogen-bond donors (Lipinski definition) is 0. The molecule has 0 amide bonds. The number of alkyl halides is 1. The summed E-state index contributed by atoms with van der Waals surface area (Å²) in [6.07, 6.45) is 1.34. The number of hydrogen-bond acceptors (Lipinski definition) is 2. The van der Waals surface area contributed by atoms with Crippen molar-refractivity contribution in [2.75, 3.05) is 6.61 Å². The minimum Gasteiger partial charge on any atom is -0.465 e. The van der Waals surface area contributed by atoms with Gasteiger partial charge >= 0.3 is 5.97 Å². The molecule has 0 saturated carbocycles. The fourth-order valence-corrected chi connectivity index (χ4v) is 1.44. The largest absolute Gasteiger partial charge is 0.465 e. The quantitative estimate of drug-likeness (QED) is 0.570. The predicted octanol–water partition coefficient (Wildman–Crippen LogP) is 2.79. The second-order valence-corrected chi connectivity index (χ2v) is 3.85. The average molecular weight is 227 g/mol. The number of esters is 1. The van der Waals surface area contributed by atoms with E-state index in [1.807, 2.05) is 37.3 Å². The van der Waals surface area contributed by atoms with E-state index in [9.17, 15) is 4.79 Å². The third kappa shape index (κ3) is 4.34. The summed E-state index contributed by atoms with van der Waals surface area (Å²) in [6.45, 7) is 2.39. The highest BCUT2D eigenvalue weighted by atomic mass is 35.5. The van der Waals surface area contributed by atoms with E-state index in [0.717, 1.165) is 12.0 Å². The number of carbonyl (C=O) groups excluding carboxylic acids is 1. The van der Waals surface area contributed by atoms with Gasteiger partial charge in [0.05, 0.1) is 6.61 Å². The van der Waals surface area contributed by atoms with E-state index in [2.05, 4.69) is 0 Å². The maximum Gasteiger partial charge on any atom is 0.324 e. The predicted molar refractivity (Wildman–Crippen MR) is 61.0 cm³/mol. The summed E-state index contributed by atoms with van der Waals surface area (Å²) in [5.74, 6) is -0.331. The first-order valence-electron chi connectivity index (χ1n) is 5.08. The molecule has 0 heterocycles. The SMILES string of the molecule is CCCOC(=O)C(Cl)Cc1ccccc1. The van der Waals surface area contributed by atoms with Crippen molar-refractivity contribution in [1.29, 1.82) is 0 Å². The first kappa shape index (κ1) is 12.1. The Bertz CT molecular complexity index is 298. The summed E-state index contributed by atoms with van der Waals surface area (Å²) < 4.78 is 4.95. The lowest BCUT2D eigenvalue weighted by atomic mass is 10.1. The van der Waals surface area contributed by atoms with Crippen molar-refractivity contribution in [3.05, 3.63) is 35.9 Å². The molecular weight excluding hydrogens is 212 g/mol. The van der Waals surface area contributed by atoms with Crippen LogP contribution in [0.1, 0.15) is 18.9 Å². The van der Waals surface area contributed by atoms with E-state index in [4.69, 9.17) is 16.3 Å². The van der Waals surface area contributed by atoms with Gasteiger partial charge in [0.15, 0.2) is 0 Å². The molecule has 0 fully saturated rings. The monoisotopic (exact) mass is 226 g/mol. The zero-order chi connectivity index (χ0) is 11.1. The van der Waals surface area contributed by atoms with Gasteiger partial charge in [-0.1, -0.05) is 37.3 Å².